The Kier molecular flexibility index (Phi) is 20.4. The van der Waals surface area contributed by atoms with E-state index in [2.05, 4.69) is 13.8 Å². The molecule has 0 radical (unpaired) electrons. The Morgan fingerprint density at radius 2 is 1.09 bits per heavy atom. The summed E-state index contributed by atoms with van der Waals surface area (Å²) in [6.07, 6.45) is 17.3. The average molecular weight is 349 g/mol. The van der Waals surface area contributed by atoms with E-state index in [1.54, 1.807) is 0 Å². The summed E-state index contributed by atoms with van der Waals surface area (Å²) in [5.74, 6) is 0.765. The van der Waals surface area contributed by atoms with Gasteiger partial charge in [0.15, 0.2) is 6.29 Å². The van der Waals surface area contributed by atoms with Gasteiger partial charge in [-0.1, -0.05) is 71.6 Å². The third kappa shape index (κ3) is 18.4. The minimum Gasteiger partial charge on any atom is -0.353 e. The molecule has 3 heteroatoms. The molecule has 0 aliphatic rings. The number of rotatable bonds is 19. The quantitative estimate of drug-likeness (QED) is 0.141. The van der Waals surface area contributed by atoms with E-state index in [0.29, 0.717) is 0 Å². The first kappa shape index (κ1) is 23.2. The van der Waals surface area contributed by atoms with Crippen LogP contribution in [0.4, 0.5) is 0 Å². The van der Waals surface area contributed by atoms with E-state index in [1.807, 2.05) is 0 Å². The largest absolute Gasteiger partial charge is 0.353 e. The minimum atomic E-state index is 0.00248. The van der Waals surface area contributed by atoms with Gasteiger partial charge in [0.1, 0.15) is 0 Å². The van der Waals surface area contributed by atoms with Crippen LogP contribution in [0.5, 0.6) is 0 Å². The molecule has 0 aromatic rings. The van der Waals surface area contributed by atoms with Crippen LogP contribution in [0.1, 0.15) is 104 Å². The second-order valence-electron chi connectivity index (χ2n) is 6.54. The van der Waals surface area contributed by atoms with Crippen LogP contribution in [0.2, 0.25) is 0 Å². The van der Waals surface area contributed by atoms with Crippen LogP contribution >= 0.6 is 11.6 Å². The number of halogens is 1. The normalized spacial score (nSPS) is 11.5. The number of alkyl halides is 1. The molecule has 140 valence electrons. The molecular formula is C20H41ClO2. The van der Waals surface area contributed by atoms with Crippen LogP contribution in [-0.2, 0) is 9.47 Å². The molecule has 0 rings (SSSR count). The fourth-order valence-corrected chi connectivity index (χ4v) is 2.83. The summed E-state index contributed by atoms with van der Waals surface area (Å²) < 4.78 is 12.0. The first-order valence-corrected chi connectivity index (χ1v) is 10.7. The van der Waals surface area contributed by atoms with Gasteiger partial charge in [0.25, 0.3) is 0 Å². The van der Waals surface area contributed by atoms with Crippen LogP contribution < -0.4 is 0 Å². The van der Waals surface area contributed by atoms with Crippen molar-refractivity contribution in [2.24, 2.45) is 0 Å². The lowest BCUT2D eigenvalue weighted by Crippen LogP contribution is -2.19. The SMILES string of the molecule is CCCCCCCOC(CCCCCCl)OCCCCCCC. The molecule has 0 aliphatic heterocycles. The summed E-state index contributed by atoms with van der Waals surface area (Å²) in [6, 6.07) is 0. The van der Waals surface area contributed by atoms with Crippen molar-refractivity contribution >= 4 is 11.6 Å². The van der Waals surface area contributed by atoms with Gasteiger partial charge < -0.3 is 9.47 Å². The molecule has 0 amide bonds. The Balaban J connectivity index is 3.70. The Hall–Kier alpha value is 0.210. The molecule has 0 bridgehead atoms. The predicted molar refractivity (Wildman–Crippen MR) is 102 cm³/mol. The fourth-order valence-electron chi connectivity index (χ4n) is 2.64. The highest BCUT2D eigenvalue weighted by Gasteiger charge is 2.09. The summed E-state index contributed by atoms with van der Waals surface area (Å²) >= 11 is 5.74. The van der Waals surface area contributed by atoms with Crippen molar-refractivity contribution < 1.29 is 9.47 Å². The third-order valence-electron chi connectivity index (χ3n) is 4.18. The number of unbranched alkanes of at least 4 members (excludes halogenated alkanes) is 10. The van der Waals surface area contributed by atoms with Crippen molar-refractivity contribution in [3.63, 3.8) is 0 Å². The van der Waals surface area contributed by atoms with E-state index in [-0.39, 0.29) is 6.29 Å². The van der Waals surface area contributed by atoms with Crippen LogP contribution in [0.25, 0.3) is 0 Å². The molecule has 0 aliphatic carbocycles. The van der Waals surface area contributed by atoms with Crippen molar-refractivity contribution in [1.82, 2.24) is 0 Å². The lowest BCUT2D eigenvalue weighted by molar-refractivity contribution is -0.148. The maximum absolute atomic E-state index is 5.98. The van der Waals surface area contributed by atoms with Crippen LogP contribution in [-0.4, -0.2) is 25.4 Å². The highest BCUT2D eigenvalue weighted by atomic mass is 35.5. The molecule has 23 heavy (non-hydrogen) atoms. The summed E-state index contributed by atoms with van der Waals surface area (Å²) in [7, 11) is 0. The van der Waals surface area contributed by atoms with Crippen LogP contribution in [0, 0.1) is 0 Å². The van der Waals surface area contributed by atoms with Crippen molar-refractivity contribution in [2.45, 2.75) is 110 Å². The Morgan fingerprint density at radius 3 is 1.57 bits per heavy atom. The number of hydrogen-bond acceptors (Lipinski definition) is 2. The summed E-state index contributed by atoms with van der Waals surface area (Å²) in [4.78, 5) is 0. The summed E-state index contributed by atoms with van der Waals surface area (Å²) in [5, 5.41) is 0. The van der Waals surface area contributed by atoms with Gasteiger partial charge in [-0.25, -0.2) is 0 Å². The lowest BCUT2D eigenvalue weighted by Gasteiger charge is -2.19. The molecule has 0 unspecified atom stereocenters. The molecule has 0 heterocycles. The first-order valence-electron chi connectivity index (χ1n) is 10.1. The summed E-state index contributed by atoms with van der Waals surface area (Å²) in [5.41, 5.74) is 0. The second-order valence-corrected chi connectivity index (χ2v) is 6.92. The highest BCUT2D eigenvalue weighted by molar-refractivity contribution is 6.17. The molecule has 0 fully saturated rings. The third-order valence-corrected chi connectivity index (χ3v) is 4.44. The van der Waals surface area contributed by atoms with Gasteiger partial charge in [-0.3, -0.25) is 0 Å². The average Bonchev–Trinajstić information content (AvgIpc) is 2.57. The van der Waals surface area contributed by atoms with Gasteiger partial charge in [-0.2, -0.15) is 0 Å². The van der Waals surface area contributed by atoms with E-state index < -0.39 is 0 Å². The summed E-state index contributed by atoms with van der Waals surface area (Å²) in [6.45, 7) is 6.20. The highest BCUT2D eigenvalue weighted by Crippen LogP contribution is 2.12. The van der Waals surface area contributed by atoms with Gasteiger partial charge in [0.2, 0.25) is 0 Å². The monoisotopic (exact) mass is 348 g/mol. The molecule has 2 nitrogen and oxygen atoms in total. The molecule has 0 spiro atoms. The fraction of sp³-hybridized carbons (Fsp3) is 1.00. The lowest BCUT2D eigenvalue weighted by atomic mass is 10.1. The van der Waals surface area contributed by atoms with Crippen molar-refractivity contribution in [1.29, 1.82) is 0 Å². The van der Waals surface area contributed by atoms with Crippen molar-refractivity contribution in [2.75, 3.05) is 19.1 Å². The Bertz CT molecular complexity index is 196. The van der Waals surface area contributed by atoms with E-state index in [1.165, 1.54) is 57.8 Å². The Labute approximate surface area is 150 Å². The molecule has 0 aromatic heterocycles. The number of ether oxygens (including phenoxy) is 2. The van der Waals surface area contributed by atoms with E-state index in [0.717, 1.165) is 51.2 Å². The van der Waals surface area contributed by atoms with Crippen molar-refractivity contribution in [3.8, 4) is 0 Å². The van der Waals surface area contributed by atoms with Gasteiger partial charge in [-0.05, 0) is 32.1 Å². The van der Waals surface area contributed by atoms with E-state index in [9.17, 15) is 0 Å². The smallest absolute Gasteiger partial charge is 0.157 e. The zero-order chi connectivity index (χ0) is 17.0. The zero-order valence-electron chi connectivity index (χ0n) is 15.8. The topological polar surface area (TPSA) is 18.5 Å². The van der Waals surface area contributed by atoms with Crippen molar-refractivity contribution in [3.05, 3.63) is 0 Å². The second kappa shape index (κ2) is 20.3. The first-order chi connectivity index (χ1) is 11.3. The molecule has 0 saturated carbocycles. The van der Waals surface area contributed by atoms with Gasteiger partial charge in [0, 0.05) is 19.1 Å². The standard InChI is InChI=1S/C20H41ClO2/c1-3-5-7-9-14-18-22-20(16-12-11-13-17-21)23-19-15-10-8-6-4-2/h20H,3-19H2,1-2H3. The van der Waals surface area contributed by atoms with Crippen LogP contribution in [0.15, 0.2) is 0 Å². The van der Waals surface area contributed by atoms with Gasteiger partial charge in [0.05, 0.1) is 0 Å². The maximum atomic E-state index is 5.98. The minimum absolute atomic E-state index is 0.00248. The van der Waals surface area contributed by atoms with E-state index in [4.69, 9.17) is 21.1 Å². The zero-order valence-corrected chi connectivity index (χ0v) is 16.5. The van der Waals surface area contributed by atoms with Crippen LogP contribution in [0.3, 0.4) is 0 Å². The van der Waals surface area contributed by atoms with Gasteiger partial charge in [-0.15, -0.1) is 11.6 Å². The number of hydrogen-bond donors (Lipinski definition) is 0. The molecular weight excluding hydrogens is 308 g/mol. The molecule has 0 aromatic carbocycles. The molecule has 0 atom stereocenters. The molecule has 0 N–H and O–H groups in total. The maximum Gasteiger partial charge on any atom is 0.157 e. The van der Waals surface area contributed by atoms with E-state index >= 15 is 0 Å². The Morgan fingerprint density at radius 1 is 0.609 bits per heavy atom. The predicted octanol–water partition coefficient (Wildman–Crippen LogP) is 7.09. The molecule has 0 saturated heterocycles. The van der Waals surface area contributed by atoms with Gasteiger partial charge >= 0.3 is 0 Å².